The van der Waals surface area contributed by atoms with Crippen LogP contribution in [0.25, 0.3) is 0 Å². The number of Topliss-reactive ketones (excluding diaryl/α,β-unsaturated/α-hetero) is 1. The fraction of sp³-hybridized carbons (Fsp3) is 0.816. The van der Waals surface area contributed by atoms with Crippen LogP contribution >= 0.6 is 0 Å². The number of likely N-dealkylation sites (tertiary alicyclic amines) is 1. The number of nitrogens with one attached hydrogen (secondary N) is 4. The first-order valence-corrected chi connectivity index (χ1v) is 20.6. The third-order valence-corrected chi connectivity index (χ3v) is 15.1. The maximum atomic E-state index is 14.8. The van der Waals surface area contributed by atoms with E-state index in [1.54, 1.807) is 25.7 Å². The number of rotatable bonds is 13. The first kappa shape index (κ1) is 40.6. The molecule has 1 aliphatic heterocycles. The number of terminal acetylenes is 1. The second-order valence-corrected chi connectivity index (χ2v) is 20.2. The van der Waals surface area contributed by atoms with Crippen molar-refractivity contribution in [3.8, 4) is 12.3 Å². The standard InChI is InChI=1S/C38H61N5O7S/c1-9-17-26(29(44)32(46)39-22-10-2)40-31(45)28-27-25(36(27,6)7)23-43(28)33(47)30(37(8)18-13-11-14-19-37)41-34(48)42-38(20-15-12-16-21-38)24-51(49,50)35(3,4)5/h2,25-28,30H,9,11-24H2,1,3-8H3,(H,39,46)(H,40,45)(H2,41,42,48)/t25-,26?,27-,28-,30+/m0/s1. The van der Waals surface area contributed by atoms with E-state index in [4.69, 9.17) is 6.42 Å². The number of fused-ring (bicyclic) bond motifs is 1. The van der Waals surface area contributed by atoms with Crippen molar-refractivity contribution in [2.45, 2.75) is 154 Å². The van der Waals surface area contributed by atoms with Crippen molar-refractivity contribution in [2.24, 2.45) is 22.7 Å². The van der Waals surface area contributed by atoms with Crippen LogP contribution in [0.15, 0.2) is 0 Å². The van der Waals surface area contributed by atoms with Gasteiger partial charge in [0.2, 0.25) is 17.6 Å². The van der Waals surface area contributed by atoms with E-state index in [1.165, 1.54) is 0 Å². The molecule has 0 aromatic rings. The Morgan fingerprint density at radius 1 is 0.922 bits per heavy atom. The SMILES string of the molecule is C#CCNC(=O)C(=O)C(CCC)NC(=O)[C@@H]1[C@@H]2[C@H](CN1C(=O)[C@@H](NC(=O)NC1(CS(=O)(=O)C(C)(C)C)CCCCC1)C1(C)CCCCC1)C2(C)C. The summed E-state index contributed by atoms with van der Waals surface area (Å²) in [6.07, 6.45) is 13.8. The molecule has 13 heteroatoms. The number of hydrogen-bond donors (Lipinski definition) is 4. The maximum absolute atomic E-state index is 14.8. The van der Waals surface area contributed by atoms with Crippen LogP contribution < -0.4 is 21.3 Å². The van der Waals surface area contributed by atoms with Crippen molar-refractivity contribution in [2.75, 3.05) is 18.8 Å². The zero-order chi connectivity index (χ0) is 38.0. The summed E-state index contributed by atoms with van der Waals surface area (Å²) in [5, 5.41) is 11.3. The molecule has 51 heavy (non-hydrogen) atoms. The Kier molecular flexibility index (Phi) is 12.3. The topological polar surface area (TPSA) is 171 Å². The highest BCUT2D eigenvalue weighted by atomic mass is 32.2. The number of carbonyl (C=O) groups is 5. The van der Waals surface area contributed by atoms with Gasteiger partial charge in [0.05, 0.1) is 28.6 Å². The Bertz CT molecular complexity index is 1500. The molecule has 5 amide bonds. The smallest absolute Gasteiger partial charge is 0.315 e. The highest BCUT2D eigenvalue weighted by molar-refractivity contribution is 7.92. The lowest BCUT2D eigenvalue weighted by Crippen LogP contribution is -2.65. The Morgan fingerprint density at radius 2 is 1.51 bits per heavy atom. The van der Waals surface area contributed by atoms with Crippen molar-refractivity contribution in [1.29, 1.82) is 0 Å². The molecule has 4 rings (SSSR count). The Labute approximate surface area is 305 Å². The van der Waals surface area contributed by atoms with Gasteiger partial charge in [0.25, 0.3) is 5.91 Å². The van der Waals surface area contributed by atoms with Crippen LogP contribution in [0.5, 0.6) is 0 Å². The van der Waals surface area contributed by atoms with E-state index in [9.17, 15) is 32.4 Å². The van der Waals surface area contributed by atoms with Gasteiger partial charge in [0.1, 0.15) is 12.1 Å². The number of amides is 5. The highest BCUT2D eigenvalue weighted by Crippen LogP contribution is 2.65. The van der Waals surface area contributed by atoms with E-state index in [0.717, 1.165) is 38.5 Å². The van der Waals surface area contributed by atoms with Crippen LogP contribution in [0, 0.1) is 35.0 Å². The molecule has 1 heterocycles. The van der Waals surface area contributed by atoms with Gasteiger partial charge >= 0.3 is 6.03 Å². The molecule has 3 saturated carbocycles. The lowest BCUT2D eigenvalue weighted by Gasteiger charge is -2.44. The third kappa shape index (κ3) is 8.74. The Hall–Kier alpha value is -3.14. The summed E-state index contributed by atoms with van der Waals surface area (Å²) in [6, 6.07) is -3.51. The monoisotopic (exact) mass is 731 g/mol. The molecular weight excluding hydrogens is 671 g/mol. The predicted octanol–water partition coefficient (Wildman–Crippen LogP) is 3.63. The second kappa shape index (κ2) is 15.5. The number of urea groups is 1. The van der Waals surface area contributed by atoms with Crippen LogP contribution in [0.4, 0.5) is 4.79 Å². The van der Waals surface area contributed by atoms with Crippen LogP contribution in [0.1, 0.15) is 126 Å². The summed E-state index contributed by atoms with van der Waals surface area (Å²) in [7, 11) is -3.57. The van der Waals surface area contributed by atoms with Crippen LogP contribution in [0.3, 0.4) is 0 Å². The third-order valence-electron chi connectivity index (χ3n) is 12.3. The molecule has 4 fully saturated rings. The number of carbonyl (C=O) groups excluding carboxylic acids is 5. The predicted molar refractivity (Wildman–Crippen MR) is 196 cm³/mol. The highest BCUT2D eigenvalue weighted by Gasteiger charge is 2.70. The molecule has 0 bridgehead atoms. The fourth-order valence-electron chi connectivity index (χ4n) is 8.87. The molecule has 0 aromatic carbocycles. The van der Waals surface area contributed by atoms with Crippen molar-refractivity contribution in [3.05, 3.63) is 0 Å². The van der Waals surface area contributed by atoms with Crippen molar-refractivity contribution >= 4 is 39.4 Å². The summed E-state index contributed by atoms with van der Waals surface area (Å²) in [5.41, 5.74) is -1.76. The first-order valence-electron chi connectivity index (χ1n) is 18.9. The molecule has 4 aliphatic rings. The van der Waals surface area contributed by atoms with E-state index in [0.29, 0.717) is 38.6 Å². The average Bonchev–Trinajstić information content (AvgIpc) is 3.36. The van der Waals surface area contributed by atoms with E-state index in [-0.39, 0.29) is 41.9 Å². The number of hydrogen-bond acceptors (Lipinski definition) is 7. The van der Waals surface area contributed by atoms with Gasteiger partial charge in [-0.05, 0) is 75.5 Å². The van der Waals surface area contributed by atoms with Gasteiger partial charge < -0.3 is 26.2 Å². The summed E-state index contributed by atoms with van der Waals surface area (Å²) in [4.78, 5) is 70.2. The van der Waals surface area contributed by atoms with Gasteiger partial charge in [-0.15, -0.1) is 6.42 Å². The first-order chi connectivity index (χ1) is 23.7. The summed E-state index contributed by atoms with van der Waals surface area (Å²) >= 11 is 0. The van der Waals surface area contributed by atoms with Crippen LogP contribution in [-0.2, 0) is 29.0 Å². The fourth-order valence-corrected chi connectivity index (χ4v) is 10.4. The number of sulfone groups is 1. The van der Waals surface area contributed by atoms with Gasteiger partial charge in [-0.3, -0.25) is 19.2 Å². The summed E-state index contributed by atoms with van der Waals surface area (Å²) in [5.74, 6) is -0.540. The van der Waals surface area contributed by atoms with Gasteiger partial charge in [-0.1, -0.05) is 78.6 Å². The minimum absolute atomic E-state index is 0.0539. The van der Waals surface area contributed by atoms with E-state index in [1.807, 2.05) is 13.8 Å². The molecule has 1 saturated heterocycles. The number of nitrogens with zero attached hydrogens (tertiary/aromatic N) is 1. The lowest BCUT2D eigenvalue weighted by molar-refractivity contribution is -0.146. The van der Waals surface area contributed by atoms with Crippen molar-refractivity contribution in [1.82, 2.24) is 26.2 Å². The minimum atomic E-state index is -3.57. The number of piperidine rings is 1. The van der Waals surface area contributed by atoms with Crippen molar-refractivity contribution in [3.63, 3.8) is 0 Å². The zero-order valence-electron chi connectivity index (χ0n) is 31.8. The molecule has 12 nitrogen and oxygen atoms in total. The lowest BCUT2D eigenvalue weighted by atomic mass is 9.70. The molecule has 0 radical (unpaired) electrons. The Balaban J connectivity index is 1.61. The average molecular weight is 732 g/mol. The minimum Gasteiger partial charge on any atom is -0.344 e. The molecule has 286 valence electrons. The summed E-state index contributed by atoms with van der Waals surface area (Å²) in [6.45, 7) is 13.2. The summed E-state index contributed by atoms with van der Waals surface area (Å²) < 4.78 is 25.8. The van der Waals surface area contributed by atoms with Gasteiger partial charge in [0.15, 0.2) is 9.84 Å². The molecule has 0 spiro atoms. The second-order valence-electron chi connectivity index (χ2n) is 17.4. The van der Waals surface area contributed by atoms with E-state index < -0.39 is 67.3 Å². The molecule has 4 N–H and O–H groups in total. The normalized spacial score (nSPS) is 26.0. The molecular formula is C38H61N5O7S. The quantitative estimate of drug-likeness (QED) is 0.166. The van der Waals surface area contributed by atoms with Gasteiger partial charge in [0, 0.05) is 6.54 Å². The molecule has 3 aliphatic carbocycles. The van der Waals surface area contributed by atoms with Gasteiger partial charge in [-0.25, -0.2) is 13.2 Å². The van der Waals surface area contributed by atoms with Gasteiger partial charge in [-0.2, -0.15) is 0 Å². The number of ketones is 1. The van der Waals surface area contributed by atoms with Crippen LogP contribution in [-0.4, -0.2) is 90.1 Å². The molecule has 1 unspecified atom stereocenters. The van der Waals surface area contributed by atoms with E-state index >= 15 is 0 Å². The zero-order valence-corrected chi connectivity index (χ0v) is 32.6. The maximum Gasteiger partial charge on any atom is 0.315 e. The molecule has 0 aromatic heterocycles. The van der Waals surface area contributed by atoms with Crippen LogP contribution in [0.2, 0.25) is 0 Å². The molecule has 5 atom stereocenters. The Morgan fingerprint density at radius 3 is 2.06 bits per heavy atom. The van der Waals surface area contributed by atoms with E-state index in [2.05, 4.69) is 41.0 Å². The van der Waals surface area contributed by atoms with Crippen molar-refractivity contribution < 1.29 is 32.4 Å². The largest absolute Gasteiger partial charge is 0.344 e.